The van der Waals surface area contributed by atoms with Crippen molar-refractivity contribution in [1.82, 2.24) is 0 Å². The van der Waals surface area contributed by atoms with Crippen molar-refractivity contribution in [3.05, 3.63) is 0 Å². The van der Waals surface area contributed by atoms with Gasteiger partial charge in [0, 0.05) is 6.61 Å². The van der Waals surface area contributed by atoms with E-state index in [1.54, 1.807) is 6.92 Å². The number of halogens is 1. The van der Waals surface area contributed by atoms with Crippen LogP contribution in [-0.4, -0.2) is 36.2 Å². The summed E-state index contributed by atoms with van der Waals surface area (Å²) in [4.78, 5) is 20.5. The SMILES string of the molecule is CCO[C@H](CF)C(=O)C(=O)O. The van der Waals surface area contributed by atoms with Gasteiger partial charge in [-0.15, -0.1) is 0 Å². The molecule has 0 amide bonds. The van der Waals surface area contributed by atoms with Gasteiger partial charge in [0.25, 0.3) is 5.78 Å². The summed E-state index contributed by atoms with van der Waals surface area (Å²) >= 11 is 0. The minimum absolute atomic E-state index is 0.119. The molecule has 0 aliphatic rings. The molecule has 0 aromatic rings. The van der Waals surface area contributed by atoms with Crippen LogP contribution in [0.4, 0.5) is 4.39 Å². The third-order valence-electron chi connectivity index (χ3n) is 1.01. The average molecular weight is 164 g/mol. The Hall–Kier alpha value is -0.970. The van der Waals surface area contributed by atoms with Crippen molar-refractivity contribution in [1.29, 1.82) is 0 Å². The molecule has 4 nitrogen and oxygen atoms in total. The number of carbonyl (C=O) groups excluding carboxylic acids is 1. The first kappa shape index (κ1) is 10.0. The summed E-state index contributed by atoms with van der Waals surface area (Å²) in [6.45, 7) is 0.574. The van der Waals surface area contributed by atoms with Crippen molar-refractivity contribution in [3.63, 3.8) is 0 Å². The highest BCUT2D eigenvalue weighted by Crippen LogP contribution is 1.95. The maximum Gasteiger partial charge on any atom is 0.375 e. The molecule has 11 heavy (non-hydrogen) atoms. The standard InChI is InChI=1S/C6H9FO4/c1-2-11-4(3-7)5(8)6(9)10/h4H,2-3H2,1H3,(H,9,10)/t4-/m1/s1. The molecule has 0 radical (unpaired) electrons. The molecule has 1 atom stereocenters. The van der Waals surface area contributed by atoms with Gasteiger partial charge >= 0.3 is 5.97 Å². The first-order valence-electron chi connectivity index (χ1n) is 3.08. The summed E-state index contributed by atoms with van der Waals surface area (Å²) in [7, 11) is 0. The topological polar surface area (TPSA) is 63.6 Å². The average Bonchev–Trinajstić information content (AvgIpc) is 1.98. The molecule has 0 rings (SSSR count). The Morgan fingerprint density at radius 1 is 1.64 bits per heavy atom. The van der Waals surface area contributed by atoms with Gasteiger partial charge in [-0.05, 0) is 6.92 Å². The van der Waals surface area contributed by atoms with Crippen molar-refractivity contribution in [2.75, 3.05) is 13.3 Å². The van der Waals surface area contributed by atoms with Gasteiger partial charge in [0.15, 0.2) is 6.10 Å². The molecule has 0 heterocycles. The second-order valence-electron chi connectivity index (χ2n) is 1.77. The largest absolute Gasteiger partial charge is 0.475 e. The van der Waals surface area contributed by atoms with Gasteiger partial charge in [-0.25, -0.2) is 9.18 Å². The van der Waals surface area contributed by atoms with Gasteiger partial charge in [0.1, 0.15) is 6.67 Å². The first-order valence-corrected chi connectivity index (χ1v) is 3.08. The number of Topliss-reactive ketones (excluding diaryl/α,β-unsaturated/α-hetero) is 1. The lowest BCUT2D eigenvalue weighted by atomic mass is 10.2. The zero-order valence-corrected chi connectivity index (χ0v) is 6.04. The summed E-state index contributed by atoms with van der Waals surface area (Å²) in [5.41, 5.74) is 0. The molecule has 0 unspecified atom stereocenters. The summed E-state index contributed by atoms with van der Waals surface area (Å²) < 4.78 is 16.4. The third kappa shape index (κ3) is 3.08. The summed E-state index contributed by atoms with van der Waals surface area (Å²) in [6, 6.07) is 0. The maximum atomic E-state index is 11.8. The third-order valence-corrected chi connectivity index (χ3v) is 1.01. The second-order valence-corrected chi connectivity index (χ2v) is 1.77. The lowest BCUT2D eigenvalue weighted by Crippen LogP contribution is -2.32. The Morgan fingerprint density at radius 2 is 2.18 bits per heavy atom. The first-order chi connectivity index (χ1) is 5.13. The van der Waals surface area contributed by atoms with Crippen molar-refractivity contribution >= 4 is 11.8 Å². The smallest absolute Gasteiger partial charge is 0.375 e. The molecule has 0 aliphatic heterocycles. The fourth-order valence-electron chi connectivity index (χ4n) is 0.529. The number of hydrogen-bond acceptors (Lipinski definition) is 3. The van der Waals surface area contributed by atoms with E-state index >= 15 is 0 Å². The van der Waals surface area contributed by atoms with Crippen molar-refractivity contribution in [2.24, 2.45) is 0 Å². The molecule has 64 valence electrons. The molecule has 0 aromatic carbocycles. The van der Waals surface area contributed by atoms with Crippen molar-refractivity contribution in [2.45, 2.75) is 13.0 Å². The minimum atomic E-state index is -1.67. The fourth-order valence-corrected chi connectivity index (χ4v) is 0.529. The number of ether oxygens (including phenoxy) is 1. The van der Waals surface area contributed by atoms with E-state index in [-0.39, 0.29) is 6.61 Å². The van der Waals surface area contributed by atoms with Gasteiger partial charge in [0.05, 0.1) is 0 Å². The Morgan fingerprint density at radius 3 is 2.45 bits per heavy atom. The molecule has 0 fully saturated rings. The fraction of sp³-hybridized carbons (Fsp3) is 0.667. The zero-order chi connectivity index (χ0) is 8.85. The van der Waals surface area contributed by atoms with Crippen molar-refractivity contribution < 1.29 is 23.8 Å². The van der Waals surface area contributed by atoms with Crippen LogP contribution in [0.1, 0.15) is 6.92 Å². The number of rotatable bonds is 5. The van der Waals surface area contributed by atoms with Crippen LogP contribution in [0.3, 0.4) is 0 Å². The number of ketones is 1. The quantitative estimate of drug-likeness (QED) is 0.581. The highest BCUT2D eigenvalue weighted by Gasteiger charge is 2.24. The van der Waals surface area contributed by atoms with Crippen LogP contribution < -0.4 is 0 Å². The van der Waals surface area contributed by atoms with E-state index in [9.17, 15) is 14.0 Å². The highest BCUT2D eigenvalue weighted by atomic mass is 19.1. The molecule has 0 aromatic heterocycles. The van der Waals surface area contributed by atoms with E-state index in [4.69, 9.17) is 5.11 Å². The van der Waals surface area contributed by atoms with Crippen LogP contribution >= 0.6 is 0 Å². The molecular weight excluding hydrogens is 155 g/mol. The number of alkyl halides is 1. The lowest BCUT2D eigenvalue weighted by molar-refractivity contribution is -0.155. The molecular formula is C6H9FO4. The summed E-state index contributed by atoms with van der Waals surface area (Å²) in [5, 5.41) is 8.11. The van der Waals surface area contributed by atoms with Gasteiger partial charge in [-0.1, -0.05) is 0 Å². The summed E-state index contributed by atoms with van der Waals surface area (Å²) in [5.74, 6) is -2.91. The number of carboxylic acids is 1. The summed E-state index contributed by atoms with van der Waals surface area (Å²) in [6.07, 6.45) is -1.45. The number of carboxylic acid groups (broad SMARTS) is 1. The van der Waals surface area contributed by atoms with Crippen LogP contribution in [-0.2, 0) is 14.3 Å². The number of aliphatic carboxylic acids is 1. The van der Waals surface area contributed by atoms with Crippen LogP contribution in [0.25, 0.3) is 0 Å². The molecule has 0 saturated heterocycles. The van der Waals surface area contributed by atoms with Gasteiger partial charge in [-0.2, -0.15) is 0 Å². The molecule has 5 heteroatoms. The Bertz CT molecular complexity index is 157. The Kier molecular flexibility index (Phi) is 4.36. The normalized spacial score (nSPS) is 12.5. The van der Waals surface area contributed by atoms with E-state index in [1.165, 1.54) is 0 Å². The van der Waals surface area contributed by atoms with Gasteiger partial charge in [-0.3, -0.25) is 4.79 Å². The van der Waals surface area contributed by atoms with E-state index in [1.807, 2.05) is 0 Å². The predicted octanol–water partition coefficient (Wildman–Crippen LogP) is 0.0147. The van der Waals surface area contributed by atoms with Crippen LogP contribution in [0.15, 0.2) is 0 Å². The highest BCUT2D eigenvalue weighted by molar-refractivity contribution is 6.34. The Balaban J connectivity index is 4.02. The molecule has 1 N–H and O–H groups in total. The van der Waals surface area contributed by atoms with Crippen LogP contribution in [0.5, 0.6) is 0 Å². The molecule has 0 bridgehead atoms. The Labute approximate surface area is 63.0 Å². The maximum absolute atomic E-state index is 11.8. The lowest BCUT2D eigenvalue weighted by Gasteiger charge is -2.07. The zero-order valence-electron chi connectivity index (χ0n) is 6.04. The van der Waals surface area contributed by atoms with E-state index < -0.39 is 24.5 Å². The van der Waals surface area contributed by atoms with Gasteiger partial charge in [0.2, 0.25) is 0 Å². The van der Waals surface area contributed by atoms with Crippen LogP contribution in [0.2, 0.25) is 0 Å². The van der Waals surface area contributed by atoms with E-state index in [0.29, 0.717) is 0 Å². The minimum Gasteiger partial charge on any atom is -0.475 e. The molecule has 0 spiro atoms. The van der Waals surface area contributed by atoms with E-state index in [0.717, 1.165) is 0 Å². The van der Waals surface area contributed by atoms with E-state index in [2.05, 4.69) is 4.74 Å². The monoisotopic (exact) mass is 164 g/mol. The predicted molar refractivity (Wildman–Crippen MR) is 34.0 cm³/mol. The number of hydrogen-bond donors (Lipinski definition) is 1. The molecule has 0 saturated carbocycles. The molecule has 0 aliphatic carbocycles. The van der Waals surface area contributed by atoms with Crippen molar-refractivity contribution in [3.8, 4) is 0 Å². The number of carbonyl (C=O) groups is 2. The van der Waals surface area contributed by atoms with Crippen LogP contribution in [0, 0.1) is 0 Å². The second kappa shape index (κ2) is 4.79. The van der Waals surface area contributed by atoms with Gasteiger partial charge < -0.3 is 9.84 Å².